The van der Waals surface area contributed by atoms with Crippen LogP contribution < -0.4 is 15.0 Å². The molecule has 0 saturated heterocycles. The van der Waals surface area contributed by atoms with Gasteiger partial charge in [-0.3, -0.25) is 4.79 Å². The number of aryl methyl sites for hydroxylation is 2. The SMILES string of the molecule is CCN(CC)c1ccc(CNC(=O)[C@H](C)Oc2ccc3c(c2)CCCC3)cc1. The van der Waals surface area contributed by atoms with Gasteiger partial charge in [0.05, 0.1) is 0 Å². The Morgan fingerprint density at radius 2 is 1.71 bits per heavy atom. The summed E-state index contributed by atoms with van der Waals surface area (Å²) < 4.78 is 5.89. The fourth-order valence-corrected chi connectivity index (χ4v) is 3.79. The molecule has 1 aliphatic rings. The quantitative estimate of drug-likeness (QED) is 0.733. The van der Waals surface area contributed by atoms with Gasteiger partial charge >= 0.3 is 0 Å². The van der Waals surface area contributed by atoms with Gasteiger partial charge in [0.2, 0.25) is 0 Å². The van der Waals surface area contributed by atoms with E-state index >= 15 is 0 Å². The Morgan fingerprint density at radius 1 is 1.04 bits per heavy atom. The summed E-state index contributed by atoms with van der Waals surface area (Å²) in [6.07, 6.45) is 4.24. The topological polar surface area (TPSA) is 41.6 Å². The zero-order valence-electron chi connectivity index (χ0n) is 17.3. The molecule has 0 aliphatic heterocycles. The zero-order chi connectivity index (χ0) is 19.9. The van der Waals surface area contributed by atoms with Crippen LogP contribution in [-0.4, -0.2) is 25.1 Å². The number of benzene rings is 2. The highest BCUT2D eigenvalue weighted by Crippen LogP contribution is 2.26. The number of rotatable bonds is 8. The van der Waals surface area contributed by atoms with Crippen molar-refractivity contribution in [3.05, 3.63) is 59.2 Å². The predicted molar refractivity (Wildman–Crippen MR) is 115 cm³/mol. The smallest absolute Gasteiger partial charge is 0.261 e. The Kier molecular flexibility index (Phi) is 6.96. The number of nitrogens with zero attached hydrogens (tertiary/aromatic N) is 1. The van der Waals surface area contributed by atoms with Gasteiger partial charge in [-0.25, -0.2) is 0 Å². The van der Waals surface area contributed by atoms with E-state index in [0.717, 1.165) is 37.2 Å². The van der Waals surface area contributed by atoms with Crippen LogP contribution in [0.5, 0.6) is 5.75 Å². The van der Waals surface area contributed by atoms with E-state index in [0.29, 0.717) is 6.54 Å². The first-order chi connectivity index (χ1) is 13.6. The highest BCUT2D eigenvalue weighted by molar-refractivity contribution is 5.80. The number of fused-ring (bicyclic) bond motifs is 1. The molecule has 1 atom stereocenters. The van der Waals surface area contributed by atoms with Crippen LogP contribution in [-0.2, 0) is 24.2 Å². The summed E-state index contributed by atoms with van der Waals surface area (Å²) in [5.41, 5.74) is 5.09. The zero-order valence-corrected chi connectivity index (χ0v) is 17.3. The molecule has 4 nitrogen and oxygen atoms in total. The third-order valence-electron chi connectivity index (χ3n) is 5.53. The second-order valence-corrected chi connectivity index (χ2v) is 7.45. The summed E-state index contributed by atoms with van der Waals surface area (Å²) >= 11 is 0. The number of hydrogen-bond acceptors (Lipinski definition) is 3. The summed E-state index contributed by atoms with van der Waals surface area (Å²) in [6.45, 7) is 8.60. The molecule has 3 rings (SSSR count). The molecule has 0 unspecified atom stereocenters. The summed E-state index contributed by atoms with van der Waals surface area (Å²) in [5, 5.41) is 2.98. The number of anilines is 1. The molecule has 4 heteroatoms. The highest BCUT2D eigenvalue weighted by atomic mass is 16.5. The highest BCUT2D eigenvalue weighted by Gasteiger charge is 2.16. The molecule has 0 saturated carbocycles. The van der Waals surface area contributed by atoms with E-state index in [-0.39, 0.29) is 5.91 Å². The van der Waals surface area contributed by atoms with Crippen LogP contribution in [0.2, 0.25) is 0 Å². The van der Waals surface area contributed by atoms with Gasteiger partial charge in [0.25, 0.3) is 5.91 Å². The van der Waals surface area contributed by atoms with E-state index < -0.39 is 6.10 Å². The molecule has 2 aromatic carbocycles. The van der Waals surface area contributed by atoms with Gasteiger partial charge in [-0.2, -0.15) is 0 Å². The Balaban J connectivity index is 1.51. The van der Waals surface area contributed by atoms with Crippen molar-refractivity contribution in [1.29, 1.82) is 0 Å². The van der Waals surface area contributed by atoms with Crippen LogP contribution in [0.4, 0.5) is 5.69 Å². The average Bonchev–Trinajstić information content (AvgIpc) is 2.73. The molecule has 1 amide bonds. The predicted octanol–water partition coefficient (Wildman–Crippen LogP) is 4.50. The minimum atomic E-state index is -0.517. The van der Waals surface area contributed by atoms with Crippen molar-refractivity contribution in [3.63, 3.8) is 0 Å². The molecule has 0 heterocycles. The molecule has 0 aromatic heterocycles. The van der Waals surface area contributed by atoms with Gasteiger partial charge in [-0.1, -0.05) is 18.2 Å². The van der Waals surface area contributed by atoms with E-state index in [1.807, 2.05) is 6.07 Å². The number of amides is 1. The van der Waals surface area contributed by atoms with E-state index in [9.17, 15) is 4.79 Å². The van der Waals surface area contributed by atoms with Crippen LogP contribution in [0.3, 0.4) is 0 Å². The minimum Gasteiger partial charge on any atom is -0.481 e. The van der Waals surface area contributed by atoms with Gasteiger partial charge in [0, 0.05) is 25.3 Å². The first-order valence-corrected chi connectivity index (χ1v) is 10.5. The fourth-order valence-electron chi connectivity index (χ4n) is 3.79. The van der Waals surface area contributed by atoms with Crippen molar-refractivity contribution in [3.8, 4) is 5.75 Å². The molecule has 0 fully saturated rings. The standard InChI is InChI=1S/C24H32N2O2/c1-4-26(5-2)22-13-10-19(11-14-22)17-25-24(27)18(3)28-23-15-12-20-8-6-7-9-21(20)16-23/h10-16,18H,4-9,17H2,1-3H3,(H,25,27)/t18-/m0/s1. The van der Waals surface area contributed by atoms with E-state index in [4.69, 9.17) is 4.74 Å². The molecule has 28 heavy (non-hydrogen) atoms. The van der Waals surface area contributed by atoms with Crippen LogP contribution in [0.15, 0.2) is 42.5 Å². The van der Waals surface area contributed by atoms with Gasteiger partial charge in [0.15, 0.2) is 6.10 Å². The lowest BCUT2D eigenvalue weighted by Gasteiger charge is -2.21. The van der Waals surface area contributed by atoms with Crippen molar-refractivity contribution in [2.45, 2.75) is 59.1 Å². The van der Waals surface area contributed by atoms with Crippen molar-refractivity contribution in [2.75, 3.05) is 18.0 Å². The lowest BCUT2D eigenvalue weighted by Crippen LogP contribution is -2.35. The van der Waals surface area contributed by atoms with E-state index in [1.54, 1.807) is 6.92 Å². The lowest BCUT2D eigenvalue weighted by atomic mass is 9.92. The molecule has 0 spiro atoms. The number of carbonyl (C=O) groups is 1. The second kappa shape index (κ2) is 9.63. The van der Waals surface area contributed by atoms with Gasteiger partial charge < -0.3 is 15.0 Å². The van der Waals surface area contributed by atoms with Gasteiger partial charge in [-0.05, 0) is 87.4 Å². The molecule has 0 radical (unpaired) electrons. The van der Waals surface area contributed by atoms with Crippen LogP contribution in [0.25, 0.3) is 0 Å². The first kappa shape index (κ1) is 20.2. The van der Waals surface area contributed by atoms with Gasteiger partial charge in [-0.15, -0.1) is 0 Å². The molecule has 1 aliphatic carbocycles. The molecule has 150 valence electrons. The van der Waals surface area contributed by atoms with Crippen LogP contribution in [0.1, 0.15) is 50.3 Å². The first-order valence-electron chi connectivity index (χ1n) is 10.5. The Morgan fingerprint density at radius 3 is 2.39 bits per heavy atom. The molecule has 2 aromatic rings. The molecule has 0 bridgehead atoms. The minimum absolute atomic E-state index is 0.0921. The summed E-state index contributed by atoms with van der Waals surface area (Å²) in [7, 11) is 0. The number of ether oxygens (including phenoxy) is 1. The lowest BCUT2D eigenvalue weighted by molar-refractivity contribution is -0.127. The Hall–Kier alpha value is -2.49. The second-order valence-electron chi connectivity index (χ2n) is 7.45. The van der Waals surface area contributed by atoms with E-state index in [2.05, 4.69) is 60.5 Å². The van der Waals surface area contributed by atoms with Crippen molar-refractivity contribution in [1.82, 2.24) is 5.32 Å². The third-order valence-corrected chi connectivity index (χ3v) is 5.53. The van der Waals surface area contributed by atoms with E-state index in [1.165, 1.54) is 29.7 Å². The largest absolute Gasteiger partial charge is 0.481 e. The summed E-state index contributed by atoms with van der Waals surface area (Å²) in [4.78, 5) is 14.7. The van der Waals surface area contributed by atoms with Crippen molar-refractivity contribution in [2.24, 2.45) is 0 Å². The summed E-state index contributed by atoms with van der Waals surface area (Å²) in [6, 6.07) is 14.6. The third kappa shape index (κ3) is 5.06. The maximum absolute atomic E-state index is 12.4. The maximum atomic E-state index is 12.4. The van der Waals surface area contributed by atoms with Crippen LogP contribution >= 0.6 is 0 Å². The Bertz CT molecular complexity index is 782. The number of carbonyl (C=O) groups excluding carboxylic acids is 1. The van der Waals surface area contributed by atoms with Crippen LogP contribution in [0, 0.1) is 0 Å². The number of hydrogen-bond donors (Lipinski definition) is 1. The normalized spacial score (nSPS) is 14.1. The molecule has 1 N–H and O–H groups in total. The maximum Gasteiger partial charge on any atom is 0.261 e. The van der Waals surface area contributed by atoms with Crippen molar-refractivity contribution < 1.29 is 9.53 Å². The molecular formula is C24H32N2O2. The average molecular weight is 381 g/mol. The monoisotopic (exact) mass is 380 g/mol. The van der Waals surface area contributed by atoms with Gasteiger partial charge in [0.1, 0.15) is 5.75 Å². The summed E-state index contributed by atoms with van der Waals surface area (Å²) in [5.74, 6) is 0.692. The number of nitrogens with one attached hydrogen (secondary N) is 1. The molecular weight excluding hydrogens is 348 g/mol. The fraction of sp³-hybridized carbons (Fsp3) is 0.458. The Labute approximate surface area is 168 Å². The van der Waals surface area contributed by atoms with Crippen molar-refractivity contribution >= 4 is 11.6 Å².